The average molecular weight is 321 g/mol. The Hall–Kier alpha value is -1.28. The maximum Gasteiger partial charge on any atom is 0.257 e. The van der Waals surface area contributed by atoms with Crippen molar-refractivity contribution in [1.29, 1.82) is 0 Å². The van der Waals surface area contributed by atoms with Gasteiger partial charge in [0.15, 0.2) is 5.79 Å². The van der Waals surface area contributed by atoms with Crippen molar-refractivity contribution in [3.8, 4) is 10.8 Å². The molecule has 0 N–H and O–H groups in total. The van der Waals surface area contributed by atoms with Crippen molar-refractivity contribution in [2.45, 2.75) is 31.6 Å². The van der Waals surface area contributed by atoms with Gasteiger partial charge in [-0.05, 0) is 18.4 Å². The summed E-state index contributed by atoms with van der Waals surface area (Å²) in [5.41, 5.74) is 0. The molecule has 2 aromatic heterocycles. The topological polar surface area (TPSA) is 60.6 Å². The highest BCUT2D eigenvalue weighted by Crippen LogP contribution is 2.34. The minimum absolute atomic E-state index is 0.111. The van der Waals surface area contributed by atoms with Crippen molar-refractivity contribution >= 4 is 11.3 Å². The Morgan fingerprint density at radius 1 is 1.23 bits per heavy atom. The Labute approximate surface area is 133 Å². The van der Waals surface area contributed by atoms with E-state index in [0.29, 0.717) is 25.0 Å². The number of likely N-dealkylation sites (tertiary alicyclic amines) is 1. The molecule has 0 aliphatic carbocycles. The van der Waals surface area contributed by atoms with Gasteiger partial charge in [-0.15, -0.1) is 21.5 Å². The molecule has 2 aliphatic heterocycles. The summed E-state index contributed by atoms with van der Waals surface area (Å²) in [6.45, 7) is 5.36. The molecule has 118 valence electrons. The van der Waals surface area contributed by atoms with E-state index in [-0.39, 0.29) is 11.8 Å². The molecule has 2 aliphatic rings. The van der Waals surface area contributed by atoms with E-state index >= 15 is 0 Å². The number of piperidine rings is 1. The van der Waals surface area contributed by atoms with Crippen LogP contribution in [0.4, 0.5) is 0 Å². The number of rotatable bonds is 3. The molecule has 6 nitrogen and oxygen atoms in total. The van der Waals surface area contributed by atoms with E-state index in [4.69, 9.17) is 13.9 Å². The minimum Gasteiger partial charge on any atom is -0.418 e. The summed E-state index contributed by atoms with van der Waals surface area (Å²) >= 11 is 1.61. The highest BCUT2D eigenvalue weighted by Gasteiger charge is 2.41. The van der Waals surface area contributed by atoms with E-state index in [0.717, 1.165) is 30.8 Å². The second-order valence-electron chi connectivity index (χ2n) is 5.74. The molecular formula is C15H19N3O3S. The van der Waals surface area contributed by atoms with Gasteiger partial charge in [-0.3, -0.25) is 4.90 Å². The summed E-state index contributed by atoms with van der Waals surface area (Å²) < 4.78 is 17.4. The first-order valence-electron chi connectivity index (χ1n) is 7.65. The molecule has 4 rings (SSSR count). The van der Waals surface area contributed by atoms with Crippen LogP contribution in [0.25, 0.3) is 10.8 Å². The highest BCUT2D eigenvalue weighted by molar-refractivity contribution is 7.13. The summed E-state index contributed by atoms with van der Waals surface area (Å²) in [5.74, 6) is 0.938. The van der Waals surface area contributed by atoms with Crippen LogP contribution in [0.2, 0.25) is 0 Å². The Kier molecular flexibility index (Phi) is 3.73. The molecule has 1 spiro atoms. The van der Waals surface area contributed by atoms with E-state index in [1.807, 2.05) is 17.5 Å². The lowest BCUT2D eigenvalue weighted by molar-refractivity contribution is -0.188. The Morgan fingerprint density at radius 2 is 2.00 bits per heavy atom. The fraction of sp³-hybridized carbons (Fsp3) is 0.600. The first kappa shape index (κ1) is 14.3. The molecule has 0 aromatic carbocycles. The lowest BCUT2D eigenvalue weighted by Gasteiger charge is -2.39. The maximum absolute atomic E-state index is 5.84. The quantitative estimate of drug-likeness (QED) is 0.866. The smallest absolute Gasteiger partial charge is 0.257 e. The second-order valence-corrected chi connectivity index (χ2v) is 6.69. The van der Waals surface area contributed by atoms with Crippen LogP contribution in [-0.4, -0.2) is 47.2 Å². The highest BCUT2D eigenvalue weighted by atomic mass is 32.1. The number of thiophene rings is 1. The zero-order valence-corrected chi connectivity index (χ0v) is 13.3. The summed E-state index contributed by atoms with van der Waals surface area (Å²) in [6, 6.07) is 4.09. The van der Waals surface area contributed by atoms with Crippen molar-refractivity contribution in [3.05, 3.63) is 23.4 Å². The van der Waals surface area contributed by atoms with Gasteiger partial charge < -0.3 is 13.9 Å². The lowest BCUT2D eigenvalue weighted by Crippen LogP contribution is -2.45. The molecule has 1 atom stereocenters. The summed E-state index contributed by atoms with van der Waals surface area (Å²) in [6.07, 6.45) is 1.78. The van der Waals surface area contributed by atoms with Crippen LogP contribution in [0, 0.1) is 0 Å². The third-order valence-electron chi connectivity index (χ3n) is 4.45. The van der Waals surface area contributed by atoms with E-state index in [1.54, 1.807) is 11.3 Å². The fourth-order valence-electron chi connectivity index (χ4n) is 3.10. The molecule has 0 radical (unpaired) electrons. The van der Waals surface area contributed by atoms with Crippen LogP contribution in [0.3, 0.4) is 0 Å². The molecule has 2 saturated heterocycles. The van der Waals surface area contributed by atoms with Crippen LogP contribution in [0.1, 0.15) is 31.7 Å². The van der Waals surface area contributed by atoms with Gasteiger partial charge in [-0.25, -0.2) is 0 Å². The zero-order chi connectivity index (χ0) is 15.0. The first-order valence-corrected chi connectivity index (χ1v) is 8.53. The number of aromatic nitrogens is 2. The lowest BCUT2D eigenvalue weighted by atomic mass is 10.0. The van der Waals surface area contributed by atoms with Crippen molar-refractivity contribution < 1.29 is 13.9 Å². The predicted molar refractivity (Wildman–Crippen MR) is 81.5 cm³/mol. The maximum atomic E-state index is 5.84. The summed E-state index contributed by atoms with van der Waals surface area (Å²) in [5, 5.41) is 10.4. The summed E-state index contributed by atoms with van der Waals surface area (Å²) in [7, 11) is 0. The molecule has 1 unspecified atom stereocenters. The number of hydrogen-bond acceptors (Lipinski definition) is 7. The number of nitrogens with zero attached hydrogens (tertiary/aromatic N) is 3. The Balaban J connectivity index is 1.43. The van der Waals surface area contributed by atoms with Crippen LogP contribution < -0.4 is 0 Å². The molecule has 4 heterocycles. The molecule has 2 aromatic rings. The summed E-state index contributed by atoms with van der Waals surface area (Å²) in [4.78, 5) is 3.36. The second kappa shape index (κ2) is 5.73. The van der Waals surface area contributed by atoms with Crippen LogP contribution in [0.15, 0.2) is 21.9 Å². The van der Waals surface area contributed by atoms with E-state index < -0.39 is 0 Å². The van der Waals surface area contributed by atoms with Crippen molar-refractivity contribution in [1.82, 2.24) is 15.1 Å². The van der Waals surface area contributed by atoms with Gasteiger partial charge in [0, 0.05) is 25.9 Å². The van der Waals surface area contributed by atoms with Gasteiger partial charge >= 0.3 is 0 Å². The average Bonchev–Trinajstić information content (AvgIpc) is 3.29. The first-order chi connectivity index (χ1) is 10.8. The third-order valence-corrected chi connectivity index (χ3v) is 5.31. The minimum atomic E-state index is -0.340. The van der Waals surface area contributed by atoms with Gasteiger partial charge in [-0.2, -0.15) is 0 Å². The zero-order valence-electron chi connectivity index (χ0n) is 12.5. The standard InChI is InChI=1S/C15H19N3O3S/c1-11(13-16-17-14(21-13)12-3-2-10-22-12)18-6-4-15(5-7-18)19-8-9-20-15/h2-3,10-11H,4-9H2,1H3. The Morgan fingerprint density at radius 3 is 2.68 bits per heavy atom. The molecule has 0 saturated carbocycles. The van der Waals surface area contributed by atoms with Crippen molar-refractivity contribution in [2.75, 3.05) is 26.3 Å². The van der Waals surface area contributed by atoms with Gasteiger partial charge in [0.1, 0.15) is 0 Å². The molecule has 7 heteroatoms. The van der Waals surface area contributed by atoms with Crippen LogP contribution in [0.5, 0.6) is 0 Å². The largest absolute Gasteiger partial charge is 0.418 e. The molecular weight excluding hydrogens is 302 g/mol. The number of hydrogen-bond donors (Lipinski definition) is 0. The van der Waals surface area contributed by atoms with Gasteiger partial charge in [-0.1, -0.05) is 6.07 Å². The van der Waals surface area contributed by atoms with E-state index in [9.17, 15) is 0 Å². The number of ether oxygens (including phenoxy) is 2. The van der Waals surface area contributed by atoms with Crippen LogP contribution in [-0.2, 0) is 9.47 Å². The molecule has 0 amide bonds. The van der Waals surface area contributed by atoms with Gasteiger partial charge in [0.05, 0.1) is 24.1 Å². The third kappa shape index (κ3) is 2.58. The van der Waals surface area contributed by atoms with Crippen molar-refractivity contribution in [3.63, 3.8) is 0 Å². The van der Waals surface area contributed by atoms with Crippen molar-refractivity contribution in [2.24, 2.45) is 0 Å². The van der Waals surface area contributed by atoms with E-state index in [1.165, 1.54) is 0 Å². The van der Waals surface area contributed by atoms with Crippen LogP contribution >= 0.6 is 11.3 Å². The fourth-order valence-corrected chi connectivity index (χ4v) is 3.74. The molecule has 22 heavy (non-hydrogen) atoms. The normalized spacial score (nSPS) is 23.1. The molecule has 2 fully saturated rings. The monoisotopic (exact) mass is 321 g/mol. The van der Waals surface area contributed by atoms with E-state index in [2.05, 4.69) is 22.0 Å². The predicted octanol–water partition coefficient (Wildman–Crippen LogP) is 2.70. The SMILES string of the molecule is CC(c1nnc(-c2cccs2)o1)N1CCC2(CC1)OCCO2. The Bertz CT molecular complexity index is 612. The van der Waals surface area contributed by atoms with Gasteiger partial charge in [0.25, 0.3) is 5.89 Å². The van der Waals surface area contributed by atoms with Gasteiger partial charge in [0.2, 0.25) is 5.89 Å². The molecule has 0 bridgehead atoms.